The Morgan fingerprint density at radius 3 is 2.70 bits per heavy atom. The van der Waals surface area contributed by atoms with Gasteiger partial charge in [0.15, 0.2) is 0 Å². The molecule has 0 fully saturated rings. The lowest BCUT2D eigenvalue weighted by atomic mass is 10.1. The number of nitro groups is 1. The van der Waals surface area contributed by atoms with Crippen molar-refractivity contribution in [2.45, 2.75) is 0 Å². The maximum absolute atomic E-state index is 10.6. The van der Waals surface area contributed by atoms with Crippen LogP contribution >= 0.6 is 0 Å². The highest BCUT2D eigenvalue weighted by Crippen LogP contribution is 2.29. The summed E-state index contributed by atoms with van der Waals surface area (Å²) >= 11 is 0. The lowest BCUT2D eigenvalue weighted by molar-refractivity contribution is -0.394. The van der Waals surface area contributed by atoms with E-state index in [1.165, 1.54) is 4.68 Å². The second-order valence-corrected chi connectivity index (χ2v) is 4.15. The average molecular weight is 270 g/mol. The van der Waals surface area contributed by atoms with Crippen molar-refractivity contribution < 1.29 is 9.66 Å². The first-order chi connectivity index (χ1) is 9.65. The third-order valence-corrected chi connectivity index (χ3v) is 2.83. The molecule has 0 saturated heterocycles. The van der Waals surface area contributed by atoms with Crippen LogP contribution in [0, 0.1) is 10.1 Å². The van der Waals surface area contributed by atoms with Crippen molar-refractivity contribution in [3.05, 3.63) is 52.6 Å². The van der Waals surface area contributed by atoms with Gasteiger partial charge in [-0.1, -0.05) is 36.4 Å². The van der Waals surface area contributed by atoms with Gasteiger partial charge in [0.1, 0.15) is 5.75 Å². The molecule has 0 amide bonds. The zero-order valence-electron chi connectivity index (χ0n) is 10.6. The number of hydrogen-bond acceptors (Lipinski definition) is 5. The summed E-state index contributed by atoms with van der Waals surface area (Å²) in [7, 11) is 1.54. The summed E-state index contributed by atoms with van der Waals surface area (Å²) in [4.78, 5) is 13.7. The molecule has 100 valence electrons. The van der Waals surface area contributed by atoms with Crippen LogP contribution in [0.1, 0.15) is 0 Å². The van der Waals surface area contributed by atoms with Gasteiger partial charge >= 0.3 is 12.0 Å². The van der Waals surface area contributed by atoms with Crippen LogP contribution in [-0.2, 0) is 7.05 Å². The second kappa shape index (κ2) is 4.61. The molecule has 7 nitrogen and oxygen atoms in total. The second-order valence-electron chi connectivity index (χ2n) is 4.15. The highest BCUT2D eigenvalue weighted by Gasteiger charge is 2.21. The number of hydrogen-bond donors (Lipinski definition) is 0. The molecule has 0 radical (unpaired) electrons. The summed E-state index contributed by atoms with van der Waals surface area (Å²) in [5.74, 6) is 0.0937. The first-order valence-electron chi connectivity index (χ1n) is 5.86. The molecule has 0 aliphatic heterocycles. The molecule has 0 spiro atoms. The van der Waals surface area contributed by atoms with Crippen LogP contribution in [0.15, 0.2) is 42.5 Å². The molecule has 0 aliphatic rings. The van der Waals surface area contributed by atoms with Crippen molar-refractivity contribution in [1.82, 2.24) is 14.8 Å². The van der Waals surface area contributed by atoms with Gasteiger partial charge in [-0.05, 0) is 21.4 Å². The standard InChI is InChI=1S/C13H10N4O3/c1-16-13(14-12(15-16)17(18)19)20-11-8-4-6-9-5-2-3-7-10(9)11/h2-8H,1H3. The molecule has 1 heterocycles. The van der Waals surface area contributed by atoms with Crippen molar-refractivity contribution in [2.75, 3.05) is 0 Å². The van der Waals surface area contributed by atoms with Crippen molar-refractivity contribution in [3.63, 3.8) is 0 Å². The van der Waals surface area contributed by atoms with Gasteiger partial charge in [0.05, 0.1) is 7.05 Å². The zero-order chi connectivity index (χ0) is 14.1. The number of fused-ring (bicyclic) bond motifs is 1. The maximum atomic E-state index is 10.6. The molecule has 0 aliphatic carbocycles. The number of nitrogens with zero attached hydrogens (tertiary/aromatic N) is 4. The average Bonchev–Trinajstić information content (AvgIpc) is 2.81. The van der Waals surface area contributed by atoms with E-state index in [4.69, 9.17) is 4.74 Å². The Morgan fingerprint density at radius 2 is 1.95 bits per heavy atom. The minimum absolute atomic E-state index is 0.0769. The Morgan fingerprint density at radius 1 is 1.20 bits per heavy atom. The predicted molar refractivity (Wildman–Crippen MR) is 71.7 cm³/mol. The summed E-state index contributed by atoms with van der Waals surface area (Å²) in [6.45, 7) is 0. The minimum atomic E-state index is -0.657. The van der Waals surface area contributed by atoms with Crippen LogP contribution < -0.4 is 4.74 Å². The molecule has 0 unspecified atom stereocenters. The molecule has 7 heteroatoms. The first-order valence-corrected chi connectivity index (χ1v) is 5.86. The Bertz CT molecular complexity index is 792. The summed E-state index contributed by atoms with van der Waals surface area (Å²) in [6, 6.07) is 13.4. The topological polar surface area (TPSA) is 83.1 Å². The van der Waals surface area contributed by atoms with Crippen molar-refractivity contribution >= 4 is 16.7 Å². The van der Waals surface area contributed by atoms with Crippen LogP contribution in [0.3, 0.4) is 0 Å². The minimum Gasteiger partial charge on any atom is -0.411 e. The Hall–Kier alpha value is -2.96. The van der Waals surface area contributed by atoms with Gasteiger partial charge in [0.25, 0.3) is 0 Å². The summed E-state index contributed by atoms with van der Waals surface area (Å²) in [6.07, 6.45) is 0. The van der Waals surface area contributed by atoms with E-state index < -0.39 is 10.9 Å². The van der Waals surface area contributed by atoms with E-state index in [-0.39, 0.29) is 6.01 Å². The van der Waals surface area contributed by atoms with E-state index in [9.17, 15) is 10.1 Å². The number of benzene rings is 2. The predicted octanol–water partition coefficient (Wildman–Crippen LogP) is 2.67. The third-order valence-electron chi connectivity index (χ3n) is 2.83. The largest absolute Gasteiger partial charge is 0.494 e. The van der Waals surface area contributed by atoms with Crippen molar-refractivity contribution in [2.24, 2.45) is 7.05 Å². The molecule has 0 atom stereocenters. The highest BCUT2D eigenvalue weighted by atomic mass is 16.6. The van der Waals surface area contributed by atoms with Crippen LogP contribution in [0.2, 0.25) is 0 Å². The maximum Gasteiger partial charge on any atom is 0.494 e. The Kier molecular flexibility index (Phi) is 2.79. The monoisotopic (exact) mass is 270 g/mol. The lowest BCUT2D eigenvalue weighted by Crippen LogP contribution is -1.96. The molecular formula is C13H10N4O3. The highest BCUT2D eigenvalue weighted by molar-refractivity contribution is 5.88. The van der Waals surface area contributed by atoms with Crippen LogP contribution in [0.25, 0.3) is 10.8 Å². The fourth-order valence-corrected chi connectivity index (χ4v) is 1.91. The fraction of sp³-hybridized carbons (Fsp3) is 0.0769. The normalized spacial score (nSPS) is 10.7. The fourth-order valence-electron chi connectivity index (χ4n) is 1.91. The van der Waals surface area contributed by atoms with Gasteiger partial charge in [-0.25, -0.2) is 0 Å². The van der Waals surface area contributed by atoms with Gasteiger partial charge in [0.2, 0.25) is 0 Å². The van der Waals surface area contributed by atoms with Crippen molar-refractivity contribution in [3.8, 4) is 11.8 Å². The molecule has 3 aromatic rings. The summed E-state index contributed by atoms with van der Waals surface area (Å²) in [5.41, 5.74) is 0. The number of aromatic nitrogens is 3. The van der Waals surface area contributed by atoms with Gasteiger partial charge < -0.3 is 14.9 Å². The first kappa shape index (κ1) is 12.1. The van der Waals surface area contributed by atoms with Crippen LogP contribution in [0.5, 0.6) is 11.8 Å². The van der Waals surface area contributed by atoms with E-state index in [0.717, 1.165) is 10.8 Å². The molecule has 0 bridgehead atoms. The van der Waals surface area contributed by atoms with Crippen LogP contribution in [-0.4, -0.2) is 19.7 Å². The molecule has 0 N–H and O–H groups in total. The Balaban J connectivity index is 2.03. The van der Waals surface area contributed by atoms with Gasteiger partial charge in [-0.3, -0.25) is 0 Å². The lowest BCUT2D eigenvalue weighted by Gasteiger charge is -2.05. The van der Waals surface area contributed by atoms with E-state index in [1.807, 2.05) is 36.4 Å². The summed E-state index contributed by atoms with van der Waals surface area (Å²) in [5, 5.41) is 16.2. The number of rotatable bonds is 3. The Labute approximate surface area is 113 Å². The van der Waals surface area contributed by atoms with Gasteiger partial charge in [-0.2, -0.15) is 0 Å². The van der Waals surface area contributed by atoms with Gasteiger partial charge in [-0.15, -0.1) is 4.68 Å². The smallest absolute Gasteiger partial charge is 0.411 e. The van der Waals surface area contributed by atoms with E-state index >= 15 is 0 Å². The molecular weight excluding hydrogens is 260 g/mol. The van der Waals surface area contributed by atoms with Crippen LogP contribution in [0.4, 0.5) is 5.95 Å². The zero-order valence-corrected chi connectivity index (χ0v) is 10.6. The molecule has 1 aromatic heterocycles. The molecule has 3 rings (SSSR count). The summed E-state index contributed by atoms with van der Waals surface area (Å²) < 4.78 is 6.87. The molecule has 2 aromatic carbocycles. The number of ether oxygens (including phenoxy) is 1. The van der Waals surface area contributed by atoms with Crippen molar-refractivity contribution in [1.29, 1.82) is 0 Å². The molecule has 20 heavy (non-hydrogen) atoms. The molecule has 0 saturated carbocycles. The quantitative estimate of drug-likeness (QED) is 0.539. The SMILES string of the molecule is Cn1nc([N+](=O)[O-])nc1Oc1cccc2ccccc12. The van der Waals surface area contributed by atoms with E-state index in [1.54, 1.807) is 13.1 Å². The van der Waals surface area contributed by atoms with E-state index in [2.05, 4.69) is 10.1 Å². The number of aryl methyl sites for hydroxylation is 1. The third kappa shape index (κ3) is 2.05. The van der Waals surface area contributed by atoms with E-state index in [0.29, 0.717) is 5.75 Å². The van der Waals surface area contributed by atoms with Gasteiger partial charge in [0, 0.05) is 10.5 Å².